The van der Waals surface area contributed by atoms with E-state index in [1.807, 2.05) is 0 Å². The monoisotopic (exact) mass is 275 g/mol. The van der Waals surface area contributed by atoms with Crippen LogP contribution in [0.3, 0.4) is 0 Å². The van der Waals surface area contributed by atoms with Crippen molar-refractivity contribution in [2.75, 3.05) is 13.1 Å². The summed E-state index contributed by atoms with van der Waals surface area (Å²) in [5.74, 6) is 0.661. The minimum atomic E-state index is 0.316. The van der Waals surface area contributed by atoms with Crippen LogP contribution >= 0.6 is 11.3 Å². The topological polar surface area (TPSA) is 42.2 Å². The van der Waals surface area contributed by atoms with Gasteiger partial charge in [0.1, 0.15) is 0 Å². The van der Waals surface area contributed by atoms with Crippen LogP contribution in [0, 0.1) is 12.8 Å². The standard InChI is InChI=1S/C15H21N3S/c1-10(16)13-5-6-18(9-13)8-12-3-4-14-15(7-12)19-11(2)17-14/h3-4,7,10,13H,5-6,8-9,16H2,1-2H3. The van der Waals surface area contributed by atoms with Crippen molar-refractivity contribution in [2.45, 2.75) is 32.9 Å². The van der Waals surface area contributed by atoms with Gasteiger partial charge in [0.25, 0.3) is 0 Å². The second-order valence-electron chi connectivity index (χ2n) is 5.68. The third-order valence-electron chi connectivity index (χ3n) is 4.02. The third-order valence-corrected chi connectivity index (χ3v) is 4.95. The summed E-state index contributed by atoms with van der Waals surface area (Å²) in [6.07, 6.45) is 1.24. The van der Waals surface area contributed by atoms with Gasteiger partial charge >= 0.3 is 0 Å². The first-order valence-electron chi connectivity index (χ1n) is 6.96. The molecule has 1 aliphatic rings. The Morgan fingerprint density at radius 2 is 2.37 bits per heavy atom. The van der Waals surface area contributed by atoms with Crippen molar-refractivity contribution in [3.05, 3.63) is 28.8 Å². The summed E-state index contributed by atoms with van der Waals surface area (Å²) in [5, 5.41) is 1.14. The molecule has 3 rings (SSSR count). The summed E-state index contributed by atoms with van der Waals surface area (Å²) in [7, 11) is 0. The van der Waals surface area contributed by atoms with Gasteiger partial charge in [-0.15, -0.1) is 11.3 Å². The number of fused-ring (bicyclic) bond motifs is 1. The van der Waals surface area contributed by atoms with Crippen LogP contribution in [0.25, 0.3) is 10.2 Å². The van der Waals surface area contributed by atoms with E-state index in [0.717, 1.165) is 23.6 Å². The maximum Gasteiger partial charge on any atom is 0.0907 e. The van der Waals surface area contributed by atoms with Crippen molar-refractivity contribution in [2.24, 2.45) is 11.7 Å². The van der Waals surface area contributed by atoms with Crippen molar-refractivity contribution in [3.8, 4) is 0 Å². The number of aryl methyl sites for hydroxylation is 1. The van der Waals surface area contributed by atoms with E-state index in [0.29, 0.717) is 12.0 Å². The summed E-state index contributed by atoms with van der Waals surface area (Å²) >= 11 is 1.78. The molecule has 0 radical (unpaired) electrons. The molecule has 0 amide bonds. The summed E-state index contributed by atoms with van der Waals surface area (Å²) in [6.45, 7) is 7.54. The highest BCUT2D eigenvalue weighted by Crippen LogP contribution is 2.25. The van der Waals surface area contributed by atoms with Crippen LogP contribution in [0.15, 0.2) is 18.2 Å². The Morgan fingerprint density at radius 3 is 3.11 bits per heavy atom. The fourth-order valence-corrected chi connectivity index (χ4v) is 3.77. The number of likely N-dealkylation sites (tertiary alicyclic amines) is 1. The van der Waals surface area contributed by atoms with Gasteiger partial charge in [0.05, 0.1) is 15.2 Å². The molecule has 3 nitrogen and oxygen atoms in total. The van der Waals surface area contributed by atoms with Gasteiger partial charge in [-0.3, -0.25) is 4.90 Å². The molecule has 0 aliphatic carbocycles. The fraction of sp³-hybridized carbons (Fsp3) is 0.533. The molecule has 2 unspecified atom stereocenters. The van der Waals surface area contributed by atoms with Crippen LogP contribution in [0.4, 0.5) is 0 Å². The number of nitrogens with two attached hydrogens (primary N) is 1. The summed E-state index contributed by atoms with van der Waals surface area (Å²) < 4.78 is 1.30. The smallest absolute Gasteiger partial charge is 0.0907 e. The van der Waals surface area contributed by atoms with Gasteiger partial charge in [0.2, 0.25) is 0 Å². The summed E-state index contributed by atoms with van der Waals surface area (Å²) in [5.41, 5.74) is 8.51. The number of thiazole rings is 1. The van der Waals surface area contributed by atoms with Crippen LogP contribution in [0.5, 0.6) is 0 Å². The van der Waals surface area contributed by atoms with E-state index in [-0.39, 0.29) is 0 Å². The Bertz CT molecular complexity index is 576. The van der Waals surface area contributed by atoms with E-state index in [9.17, 15) is 0 Å². The first-order valence-corrected chi connectivity index (χ1v) is 7.77. The Labute approximate surface area is 118 Å². The third kappa shape index (κ3) is 2.81. The lowest BCUT2D eigenvalue weighted by Crippen LogP contribution is -2.29. The fourth-order valence-electron chi connectivity index (χ4n) is 2.88. The molecule has 0 spiro atoms. The highest BCUT2D eigenvalue weighted by Gasteiger charge is 2.24. The molecule has 1 aromatic carbocycles. The first kappa shape index (κ1) is 13.0. The van der Waals surface area contributed by atoms with Gasteiger partial charge in [-0.05, 0) is 50.4 Å². The Morgan fingerprint density at radius 1 is 1.53 bits per heavy atom. The van der Waals surface area contributed by atoms with Crippen molar-refractivity contribution in [3.63, 3.8) is 0 Å². The van der Waals surface area contributed by atoms with Crippen molar-refractivity contribution in [1.82, 2.24) is 9.88 Å². The first-order chi connectivity index (χ1) is 9.11. The molecule has 1 aromatic heterocycles. The van der Waals surface area contributed by atoms with Crippen LogP contribution in [0.2, 0.25) is 0 Å². The molecule has 2 atom stereocenters. The van der Waals surface area contributed by atoms with Crippen LogP contribution in [0.1, 0.15) is 23.9 Å². The predicted octanol–water partition coefficient (Wildman–Crippen LogP) is 2.77. The van der Waals surface area contributed by atoms with E-state index in [2.05, 4.69) is 41.9 Å². The summed E-state index contributed by atoms with van der Waals surface area (Å²) in [4.78, 5) is 7.03. The molecule has 2 heterocycles. The average Bonchev–Trinajstić information content (AvgIpc) is 2.94. The molecule has 19 heavy (non-hydrogen) atoms. The van der Waals surface area contributed by atoms with Gasteiger partial charge < -0.3 is 5.73 Å². The molecular formula is C15H21N3S. The summed E-state index contributed by atoms with van der Waals surface area (Å²) in [6, 6.07) is 6.96. The Kier molecular flexibility index (Phi) is 3.56. The minimum Gasteiger partial charge on any atom is -0.328 e. The number of hydrogen-bond acceptors (Lipinski definition) is 4. The highest BCUT2D eigenvalue weighted by molar-refractivity contribution is 7.18. The minimum absolute atomic E-state index is 0.316. The lowest BCUT2D eigenvalue weighted by Gasteiger charge is -2.17. The molecule has 2 N–H and O–H groups in total. The SMILES string of the molecule is Cc1nc2ccc(CN3CCC(C(C)N)C3)cc2s1. The largest absolute Gasteiger partial charge is 0.328 e. The molecule has 1 saturated heterocycles. The number of rotatable bonds is 3. The highest BCUT2D eigenvalue weighted by atomic mass is 32.1. The van der Waals surface area contributed by atoms with Gasteiger partial charge in [-0.2, -0.15) is 0 Å². The zero-order valence-electron chi connectivity index (χ0n) is 11.6. The molecule has 1 aliphatic heterocycles. The van der Waals surface area contributed by atoms with Gasteiger partial charge in [-0.1, -0.05) is 6.07 Å². The van der Waals surface area contributed by atoms with E-state index < -0.39 is 0 Å². The molecule has 0 saturated carbocycles. The van der Waals surface area contributed by atoms with Gasteiger partial charge in [0, 0.05) is 19.1 Å². The maximum atomic E-state index is 6.00. The van der Waals surface area contributed by atoms with Crippen LogP contribution in [-0.4, -0.2) is 29.0 Å². The van der Waals surface area contributed by atoms with E-state index in [4.69, 9.17) is 5.73 Å². The molecule has 4 heteroatoms. The van der Waals surface area contributed by atoms with E-state index >= 15 is 0 Å². The average molecular weight is 275 g/mol. The second kappa shape index (κ2) is 5.19. The molecule has 1 fully saturated rings. The maximum absolute atomic E-state index is 6.00. The number of hydrogen-bond donors (Lipinski definition) is 1. The van der Waals surface area contributed by atoms with E-state index in [1.165, 1.54) is 23.2 Å². The van der Waals surface area contributed by atoms with Crippen LogP contribution < -0.4 is 5.73 Å². The number of aromatic nitrogens is 1. The zero-order chi connectivity index (χ0) is 13.4. The molecule has 102 valence electrons. The predicted molar refractivity (Wildman–Crippen MR) is 81.4 cm³/mol. The molecular weight excluding hydrogens is 254 g/mol. The number of nitrogens with zero attached hydrogens (tertiary/aromatic N) is 2. The molecule has 0 bridgehead atoms. The van der Waals surface area contributed by atoms with Crippen LogP contribution in [-0.2, 0) is 6.54 Å². The number of benzene rings is 1. The van der Waals surface area contributed by atoms with Gasteiger partial charge in [0.15, 0.2) is 0 Å². The van der Waals surface area contributed by atoms with Crippen molar-refractivity contribution < 1.29 is 0 Å². The Balaban J connectivity index is 1.71. The normalized spacial score (nSPS) is 22.2. The lowest BCUT2D eigenvalue weighted by molar-refractivity contribution is 0.308. The lowest BCUT2D eigenvalue weighted by atomic mass is 10.0. The van der Waals surface area contributed by atoms with Crippen molar-refractivity contribution >= 4 is 21.6 Å². The quantitative estimate of drug-likeness (QED) is 0.936. The Hall–Kier alpha value is -0.970. The molecule has 2 aromatic rings. The van der Waals surface area contributed by atoms with Gasteiger partial charge in [-0.25, -0.2) is 4.98 Å². The van der Waals surface area contributed by atoms with Crippen molar-refractivity contribution in [1.29, 1.82) is 0 Å². The van der Waals surface area contributed by atoms with E-state index in [1.54, 1.807) is 11.3 Å². The second-order valence-corrected chi connectivity index (χ2v) is 6.91. The zero-order valence-corrected chi connectivity index (χ0v) is 12.4.